The van der Waals surface area contributed by atoms with Gasteiger partial charge in [-0.15, -0.1) is 0 Å². The lowest BCUT2D eigenvalue weighted by Crippen LogP contribution is -2.47. The third-order valence-electron chi connectivity index (χ3n) is 6.53. The number of piperazine rings is 1. The molecule has 1 aliphatic rings. The van der Waals surface area contributed by atoms with Gasteiger partial charge in [-0.1, -0.05) is 6.07 Å². The van der Waals surface area contributed by atoms with E-state index in [0.717, 1.165) is 17.8 Å². The average molecular weight is 529 g/mol. The van der Waals surface area contributed by atoms with Gasteiger partial charge in [-0.3, -0.25) is 0 Å². The first-order valence-corrected chi connectivity index (χ1v) is 12.2. The molecule has 0 saturated carbocycles. The fourth-order valence-electron chi connectivity index (χ4n) is 4.54. The highest BCUT2D eigenvalue weighted by molar-refractivity contribution is 5.66. The molecule has 0 aliphatic carbocycles. The van der Waals surface area contributed by atoms with E-state index in [-0.39, 0.29) is 0 Å². The van der Waals surface area contributed by atoms with Crippen molar-refractivity contribution in [3.8, 4) is 17.8 Å². The van der Waals surface area contributed by atoms with Gasteiger partial charge in [0.1, 0.15) is 12.1 Å². The predicted molar refractivity (Wildman–Crippen MR) is 140 cm³/mol. The minimum absolute atomic E-state index is 0.336. The topological polar surface area (TPSA) is 96.8 Å². The predicted octanol–water partition coefficient (Wildman–Crippen LogP) is 5.16. The molecular formula is C28H23F3N8. The van der Waals surface area contributed by atoms with Crippen molar-refractivity contribution in [2.45, 2.75) is 12.2 Å². The van der Waals surface area contributed by atoms with Gasteiger partial charge in [-0.2, -0.15) is 23.7 Å². The van der Waals surface area contributed by atoms with Crippen molar-refractivity contribution in [3.05, 3.63) is 96.1 Å². The first kappa shape index (κ1) is 25.6. The Morgan fingerprint density at radius 2 is 1.64 bits per heavy atom. The monoisotopic (exact) mass is 528 g/mol. The Labute approximate surface area is 223 Å². The Morgan fingerprint density at radius 1 is 0.897 bits per heavy atom. The van der Waals surface area contributed by atoms with Gasteiger partial charge in [-0.05, 0) is 48.5 Å². The van der Waals surface area contributed by atoms with Crippen molar-refractivity contribution in [3.63, 3.8) is 0 Å². The van der Waals surface area contributed by atoms with Crippen molar-refractivity contribution < 1.29 is 13.2 Å². The van der Waals surface area contributed by atoms with Gasteiger partial charge in [0.25, 0.3) is 0 Å². The highest BCUT2D eigenvalue weighted by Gasteiger charge is 2.30. The van der Waals surface area contributed by atoms with Gasteiger partial charge in [0.2, 0.25) is 5.95 Å². The van der Waals surface area contributed by atoms with Crippen LogP contribution in [0.25, 0.3) is 5.69 Å². The fourth-order valence-corrected chi connectivity index (χ4v) is 4.54. The number of rotatable bonds is 6. The van der Waals surface area contributed by atoms with Gasteiger partial charge >= 0.3 is 6.18 Å². The Balaban J connectivity index is 1.29. The zero-order valence-corrected chi connectivity index (χ0v) is 20.7. The quantitative estimate of drug-likeness (QED) is 0.369. The summed E-state index contributed by atoms with van der Waals surface area (Å²) in [7, 11) is 0. The molecule has 0 spiro atoms. The number of halogens is 3. The molecule has 8 nitrogen and oxygen atoms in total. The van der Waals surface area contributed by atoms with E-state index in [1.54, 1.807) is 53.6 Å². The van der Waals surface area contributed by atoms with Crippen LogP contribution in [0.5, 0.6) is 0 Å². The molecule has 1 fully saturated rings. The molecule has 2 aromatic carbocycles. The zero-order chi connectivity index (χ0) is 27.4. The van der Waals surface area contributed by atoms with Gasteiger partial charge in [0.15, 0.2) is 0 Å². The second-order valence-electron chi connectivity index (χ2n) is 8.97. The summed E-state index contributed by atoms with van der Waals surface area (Å²) in [6, 6.07) is 17.5. The van der Waals surface area contributed by atoms with Crippen LogP contribution in [0.15, 0.2) is 79.4 Å². The largest absolute Gasteiger partial charge is 0.416 e. The standard InChI is InChI=1S/C28H23F3N8/c29-28(30,31)22-3-1-4-24(16-22)39-10-7-20(19-39)25(18-33)36-23-5-6-26(21(15-23)17-32)37-11-13-38(14-12-37)27-34-8-2-9-35-27/h1-10,15-16,19,25,36H,11-14H2. The molecule has 1 aliphatic heterocycles. The number of nitrogens with zero attached hydrogens (tertiary/aromatic N) is 7. The molecule has 4 aromatic rings. The molecule has 1 N–H and O–H groups in total. The van der Waals surface area contributed by atoms with E-state index < -0.39 is 17.8 Å². The van der Waals surface area contributed by atoms with Crippen molar-refractivity contribution in [1.82, 2.24) is 14.5 Å². The molecule has 0 amide bonds. The molecule has 39 heavy (non-hydrogen) atoms. The highest BCUT2D eigenvalue weighted by atomic mass is 19.4. The maximum atomic E-state index is 13.1. The Kier molecular flexibility index (Phi) is 7.06. The second kappa shape index (κ2) is 10.8. The number of benzene rings is 2. The van der Waals surface area contributed by atoms with E-state index >= 15 is 0 Å². The molecule has 3 heterocycles. The van der Waals surface area contributed by atoms with Crippen LogP contribution in [0.2, 0.25) is 0 Å². The molecule has 1 atom stereocenters. The molecule has 1 unspecified atom stereocenters. The lowest BCUT2D eigenvalue weighted by molar-refractivity contribution is -0.137. The third-order valence-corrected chi connectivity index (χ3v) is 6.53. The van der Waals surface area contributed by atoms with E-state index in [2.05, 4.69) is 37.2 Å². The number of nitriles is 2. The van der Waals surface area contributed by atoms with E-state index in [0.29, 0.717) is 54.6 Å². The first-order chi connectivity index (χ1) is 18.9. The van der Waals surface area contributed by atoms with E-state index in [9.17, 15) is 23.7 Å². The lowest BCUT2D eigenvalue weighted by Gasteiger charge is -2.36. The molecule has 11 heteroatoms. The molecule has 5 rings (SSSR count). The van der Waals surface area contributed by atoms with E-state index in [1.807, 2.05) is 12.1 Å². The van der Waals surface area contributed by atoms with Crippen LogP contribution in [-0.4, -0.2) is 40.7 Å². The number of hydrogen-bond donors (Lipinski definition) is 1. The Bertz CT molecular complexity index is 1530. The minimum atomic E-state index is -4.45. The van der Waals surface area contributed by atoms with E-state index in [1.165, 1.54) is 6.07 Å². The van der Waals surface area contributed by atoms with Gasteiger partial charge in [-0.25, -0.2) is 9.97 Å². The van der Waals surface area contributed by atoms with Crippen LogP contribution in [0, 0.1) is 22.7 Å². The summed E-state index contributed by atoms with van der Waals surface area (Å²) in [5.41, 5.74) is 2.04. The maximum absolute atomic E-state index is 13.1. The van der Waals surface area contributed by atoms with Crippen LogP contribution in [-0.2, 0) is 6.18 Å². The van der Waals surface area contributed by atoms with Crippen LogP contribution in [0.1, 0.15) is 22.7 Å². The molecule has 196 valence electrons. The van der Waals surface area contributed by atoms with Crippen molar-refractivity contribution in [2.75, 3.05) is 41.3 Å². The van der Waals surface area contributed by atoms with Crippen LogP contribution >= 0.6 is 0 Å². The summed E-state index contributed by atoms with van der Waals surface area (Å²) in [6.45, 7) is 2.83. The summed E-state index contributed by atoms with van der Waals surface area (Å²) in [4.78, 5) is 12.8. The third kappa shape index (κ3) is 5.63. The minimum Gasteiger partial charge on any atom is -0.367 e. The number of anilines is 3. The van der Waals surface area contributed by atoms with Crippen LogP contribution < -0.4 is 15.1 Å². The van der Waals surface area contributed by atoms with Crippen molar-refractivity contribution >= 4 is 17.3 Å². The number of hydrogen-bond acceptors (Lipinski definition) is 7. The second-order valence-corrected chi connectivity index (χ2v) is 8.97. The Hall–Kier alpha value is -5.03. The summed E-state index contributed by atoms with van der Waals surface area (Å²) >= 11 is 0. The summed E-state index contributed by atoms with van der Waals surface area (Å²) in [6.07, 6.45) is 2.20. The van der Waals surface area contributed by atoms with Gasteiger partial charge in [0, 0.05) is 67.9 Å². The molecular weight excluding hydrogens is 505 g/mol. The lowest BCUT2D eigenvalue weighted by atomic mass is 10.1. The molecule has 1 saturated heterocycles. The summed E-state index contributed by atoms with van der Waals surface area (Å²) in [5, 5.41) is 22.8. The fraction of sp³-hybridized carbons (Fsp3) is 0.214. The SMILES string of the molecule is N#Cc1cc(NC(C#N)c2ccn(-c3cccc(C(F)(F)F)c3)c2)ccc1N1CCN(c2ncccn2)CC1. The molecule has 2 aromatic heterocycles. The van der Waals surface area contributed by atoms with E-state index in [4.69, 9.17) is 0 Å². The van der Waals surface area contributed by atoms with Gasteiger partial charge in [0.05, 0.1) is 22.9 Å². The highest BCUT2D eigenvalue weighted by Crippen LogP contribution is 2.31. The molecule has 0 bridgehead atoms. The Morgan fingerprint density at radius 3 is 2.33 bits per heavy atom. The number of aromatic nitrogens is 3. The van der Waals surface area contributed by atoms with Crippen molar-refractivity contribution in [2.24, 2.45) is 0 Å². The van der Waals surface area contributed by atoms with Crippen LogP contribution in [0.4, 0.5) is 30.5 Å². The zero-order valence-electron chi connectivity index (χ0n) is 20.7. The maximum Gasteiger partial charge on any atom is 0.416 e. The van der Waals surface area contributed by atoms with Crippen molar-refractivity contribution in [1.29, 1.82) is 10.5 Å². The first-order valence-electron chi connectivity index (χ1n) is 12.2. The average Bonchev–Trinajstić information content (AvgIpc) is 3.46. The molecule has 0 radical (unpaired) electrons. The number of nitrogens with one attached hydrogen (secondary N) is 1. The van der Waals surface area contributed by atoms with Gasteiger partial charge < -0.3 is 19.7 Å². The summed E-state index contributed by atoms with van der Waals surface area (Å²) in [5.74, 6) is 0.682. The smallest absolute Gasteiger partial charge is 0.367 e. The number of alkyl halides is 3. The normalized spacial score (nSPS) is 14.4. The van der Waals surface area contributed by atoms with Crippen LogP contribution in [0.3, 0.4) is 0 Å². The summed E-state index contributed by atoms with van der Waals surface area (Å²) < 4.78 is 40.9.